The molecule has 20 heavy (non-hydrogen) atoms. The summed E-state index contributed by atoms with van der Waals surface area (Å²) in [5, 5.41) is 3.85. The highest BCUT2D eigenvalue weighted by Crippen LogP contribution is 2.29. The molecule has 118 valence electrons. The predicted molar refractivity (Wildman–Crippen MR) is 88.1 cm³/mol. The predicted octanol–water partition coefficient (Wildman–Crippen LogP) is 4.06. The van der Waals surface area contributed by atoms with E-state index < -0.39 is 0 Å². The lowest BCUT2D eigenvalue weighted by molar-refractivity contribution is 0.154. The van der Waals surface area contributed by atoms with Crippen molar-refractivity contribution in [2.75, 3.05) is 19.6 Å². The lowest BCUT2D eigenvalue weighted by Crippen LogP contribution is -2.44. The second-order valence-corrected chi connectivity index (χ2v) is 7.41. The Labute approximate surface area is 126 Å². The molecule has 2 aliphatic rings. The molecule has 1 saturated carbocycles. The van der Waals surface area contributed by atoms with Gasteiger partial charge in [0.25, 0.3) is 0 Å². The van der Waals surface area contributed by atoms with Gasteiger partial charge in [0.2, 0.25) is 0 Å². The van der Waals surface area contributed by atoms with Gasteiger partial charge in [0.15, 0.2) is 0 Å². The van der Waals surface area contributed by atoms with Crippen LogP contribution in [0.15, 0.2) is 0 Å². The quantitative estimate of drug-likeness (QED) is 0.738. The van der Waals surface area contributed by atoms with Gasteiger partial charge < -0.3 is 5.32 Å². The Morgan fingerprint density at radius 2 is 1.85 bits per heavy atom. The molecule has 2 rings (SSSR count). The van der Waals surface area contributed by atoms with Crippen molar-refractivity contribution in [1.82, 2.24) is 10.2 Å². The van der Waals surface area contributed by atoms with Crippen LogP contribution < -0.4 is 5.32 Å². The van der Waals surface area contributed by atoms with Crippen molar-refractivity contribution >= 4 is 0 Å². The molecule has 1 heterocycles. The monoisotopic (exact) mass is 280 g/mol. The first-order valence-corrected chi connectivity index (χ1v) is 9.19. The Hall–Kier alpha value is -0.0800. The molecule has 3 atom stereocenters. The fourth-order valence-electron chi connectivity index (χ4n) is 4.34. The van der Waals surface area contributed by atoms with E-state index in [1.807, 2.05) is 0 Å². The highest BCUT2D eigenvalue weighted by molar-refractivity contribution is 4.87. The third-order valence-corrected chi connectivity index (χ3v) is 5.47. The summed E-state index contributed by atoms with van der Waals surface area (Å²) in [7, 11) is 0. The second-order valence-electron chi connectivity index (χ2n) is 7.41. The van der Waals surface area contributed by atoms with Gasteiger partial charge in [-0.05, 0) is 57.0 Å². The van der Waals surface area contributed by atoms with E-state index in [0.717, 1.165) is 23.9 Å². The number of nitrogens with zero attached hydrogens (tertiary/aromatic N) is 1. The van der Waals surface area contributed by atoms with Crippen LogP contribution in [0.4, 0.5) is 0 Å². The third kappa shape index (κ3) is 4.46. The molecule has 2 nitrogen and oxygen atoms in total. The molecule has 2 heteroatoms. The van der Waals surface area contributed by atoms with E-state index in [0.29, 0.717) is 0 Å². The average Bonchev–Trinajstić information content (AvgIpc) is 2.78. The van der Waals surface area contributed by atoms with Crippen LogP contribution in [0, 0.1) is 11.8 Å². The van der Waals surface area contributed by atoms with Gasteiger partial charge in [-0.15, -0.1) is 0 Å². The minimum Gasteiger partial charge on any atom is -0.314 e. The standard InChI is InChI=1S/C18H36N2/c1-4-12-19-17-10-7-5-6-9-16(17)14-20-13-8-11-18(20)15(2)3/h15-19H,4-14H2,1-3H3. The van der Waals surface area contributed by atoms with Crippen molar-refractivity contribution in [3.8, 4) is 0 Å². The number of nitrogens with one attached hydrogen (secondary N) is 1. The van der Waals surface area contributed by atoms with Crippen LogP contribution in [0.2, 0.25) is 0 Å². The number of rotatable bonds is 6. The second kappa shape index (κ2) is 8.38. The van der Waals surface area contributed by atoms with Crippen LogP contribution in [0.1, 0.15) is 72.1 Å². The summed E-state index contributed by atoms with van der Waals surface area (Å²) in [6.07, 6.45) is 11.3. The van der Waals surface area contributed by atoms with Gasteiger partial charge in [-0.25, -0.2) is 0 Å². The molecule has 0 aromatic rings. The van der Waals surface area contributed by atoms with E-state index >= 15 is 0 Å². The maximum absolute atomic E-state index is 3.85. The van der Waals surface area contributed by atoms with Gasteiger partial charge in [0.1, 0.15) is 0 Å². The zero-order valence-corrected chi connectivity index (χ0v) is 14.0. The van der Waals surface area contributed by atoms with Gasteiger partial charge in [-0.2, -0.15) is 0 Å². The minimum absolute atomic E-state index is 0.783. The molecule has 1 aliphatic heterocycles. The van der Waals surface area contributed by atoms with Crippen molar-refractivity contribution < 1.29 is 0 Å². The van der Waals surface area contributed by atoms with Gasteiger partial charge in [0, 0.05) is 18.6 Å². The number of hydrogen-bond donors (Lipinski definition) is 1. The van der Waals surface area contributed by atoms with Crippen LogP contribution >= 0.6 is 0 Å². The normalized spacial score (nSPS) is 32.7. The lowest BCUT2D eigenvalue weighted by atomic mass is 9.92. The Balaban J connectivity index is 1.92. The lowest BCUT2D eigenvalue weighted by Gasteiger charge is -2.34. The molecule has 1 saturated heterocycles. The van der Waals surface area contributed by atoms with E-state index in [9.17, 15) is 0 Å². The summed E-state index contributed by atoms with van der Waals surface area (Å²) in [5.41, 5.74) is 0. The highest BCUT2D eigenvalue weighted by atomic mass is 15.2. The molecule has 0 radical (unpaired) electrons. The fraction of sp³-hybridized carbons (Fsp3) is 1.00. The largest absolute Gasteiger partial charge is 0.314 e. The summed E-state index contributed by atoms with van der Waals surface area (Å²) in [6, 6.07) is 1.64. The molecule has 0 bridgehead atoms. The first-order chi connectivity index (χ1) is 9.72. The van der Waals surface area contributed by atoms with Crippen molar-refractivity contribution in [1.29, 1.82) is 0 Å². The van der Waals surface area contributed by atoms with Gasteiger partial charge >= 0.3 is 0 Å². The first kappa shape index (κ1) is 16.3. The summed E-state index contributed by atoms with van der Waals surface area (Å²) in [6.45, 7) is 11.0. The highest BCUT2D eigenvalue weighted by Gasteiger charge is 2.31. The maximum atomic E-state index is 3.85. The number of hydrogen-bond acceptors (Lipinski definition) is 2. The third-order valence-electron chi connectivity index (χ3n) is 5.47. The van der Waals surface area contributed by atoms with Crippen molar-refractivity contribution in [3.05, 3.63) is 0 Å². The Bertz CT molecular complexity index is 264. The Morgan fingerprint density at radius 3 is 2.60 bits per heavy atom. The Morgan fingerprint density at radius 1 is 1.05 bits per heavy atom. The molecule has 0 amide bonds. The van der Waals surface area contributed by atoms with E-state index in [-0.39, 0.29) is 0 Å². The number of likely N-dealkylation sites (tertiary alicyclic amines) is 1. The fourth-order valence-corrected chi connectivity index (χ4v) is 4.34. The first-order valence-electron chi connectivity index (χ1n) is 9.19. The van der Waals surface area contributed by atoms with Crippen LogP contribution in [0.5, 0.6) is 0 Å². The van der Waals surface area contributed by atoms with E-state index in [1.165, 1.54) is 71.0 Å². The van der Waals surface area contributed by atoms with E-state index in [1.54, 1.807) is 0 Å². The zero-order valence-electron chi connectivity index (χ0n) is 14.0. The minimum atomic E-state index is 0.783. The molecule has 1 aliphatic carbocycles. The van der Waals surface area contributed by atoms with Crippen molar-refractivity contribution in [2.24, 2.45) is 11.8 Å². The van der Waals surface area contributed by atoms with Crippen LogP contribution in [-0.4, -0.2) is 36.6 Å². The molecule has 2 fully saturated rings. The van der Waals surface area contributed by atoms with Crippen molar-refractivity contribution in [3.63, 3.8) is 0 Å². The van der Waals surface area contributed by atoms with Gasteiger partial charge in [-0.3, -0.25) is 4.90 Å². The van der Waals surface area contributed by atoms with Crippen molar-refractivity contribution in [2.45, 2.75) is 84.2 Å². The molecule has 0 spiro atoms. The molecule has 0 aromatic heterocycles. The van der Waals surface area contributed by atoms with E-state index in [4.69, 9.17) is 0 Å². The van der Waals surface area contributed by atoms with Crippen LogP contribution in [-0.2, 0) is 0 Å². The van der Waals surface area contributed by atoms with Gasteiger partial charge in [-0.1, -0.05) is 40.0 Å². The zero-order chi connectivity index (χ0) is 14.4. The Kier molecular flexibility index (Phi) is 6.83. The summed E-state index contributed by atoms with van der Waals surface area (Å²) >= 11 is 0. The van der Waals surface area contributed by atoms with Crippen LogP contribution in [0.25, 0.3) is 0 Å². The molecule has 1 N–H and O–H groups in total. The van der Waals surface area contributed by atoms with E-state index in [2.05, 4.69) is 31.0 Å². The molecular formula is C18H36N2. The molecule has 0 aromatic carbocycles. The summed E-state index contributed by atoms with van der Waals surface area (Å²) < 4.78 is 0. The summed E-state index contributed by atoms with van der Waals surface area (Å²) in [4.78, 5) is 2.82. The molecule has 3 unspecified atom stereocenters. The van der Waals surface area contributed by atoms with Crippen LogP contribution in [0.3, 0.4) is 0 Å². The van der Waals surface area contributed by atoms with Gasteiger partial charge in [0.05, 0.1) is 0 Å². The molecular weight excluding hydrogens is 244 g/mol. The maximum Gasteiger partial charge on any atom is 0.0119 e. The average molecular weight is 280 g/mol. The smallest absolute Gasteiger partial charge is 0.0119 e. The topological polar surface area (TPSA) is 15.3 Å². The SMILES string of the molecule is CCCNC1CCCCCC1CN1CCCC1C(C)C. The summed E-state index contributed by atoms with van der Waals surface area (Å²) in [5.74, 6) is 1.72.